The molecule has 0 unspecified atom stereocenters. The number of aromatic nitrogens is 3. The van der Waals surface area contributed by atoms with Crippen molar-refractivity contribution in [2.75, 3.05) is 11.1 Å². The van der Waals surface area contributed by atoms with Crippen molar-refractivity contribution in [3.05, 3.63) is 48.2 Å². The summed E-state index contributed by atoms with van der Waals surface area (Å²) in [6, 6.07) is 11.4. The average molecular weight is 342 g/mol. The topological polar surface area (TPSA) is 73.0 Å². The molecule has 2 heterocycles. The maximum Gasteiger partial charge on any atom is 0.234 e. The van der Waals surface area contributed by atoms with Crippen LogP contribution in [0.3, 0.4) is 0 Å². The first-order valence-electron chi connectivity index (χ1n) is 7.64. The van der Waals surface area contributed by atoms with Crippen molar-refractivity contribution in [2.24, 2.45) is 0 Å². The lowest BCUT2D eigenvalue weighted by Gasteiger charge is -2.08. The number of thioether (sulfide) groups is 1. The summed E-state index contributed by atoms with van der Waals surface area (Å²) >= 11 is 1.36. The summed E-state index contributed by atoms with van der Waals surface area (Å²) in [4.78, 5) is 12.2. The molecule has 1 aromatic carbocycles. The number of hydrogen-bond donors (Lipinski definition) is 1. The van der Waals surface area contributed by atoms with Crippen molar-refractivity contribution in [1.29, 1.82) is 0 Å². The molecule has 1 amide bonds. The largest absolute Gasteiger partial charge is 0.461 e. The van der Waals surface area contributed by atoms with E-state index in [1.165, 1.54) is 11.8 Å². The standard InChI is InChI=1S/C17H18N4O2S/c1-3-21-16(14-9-6-10-23-14)19-20-17(21)24-11-15(22)18-13-8-5-4-7-12(13)2/h4-10H,3,11H2,1-2H3,(H,18,22). The number of carbonyl (C=O) groups is 1. The highest BCUT2D eigenvalue weighted by atomic mass is 32.2. The number of nitrogens with one attached hydrogen (secondary N) is 1. The van der Waals surface area contributed by atoms with Gasteiger partial charge in [-0.2, -0.15) is 0 Å². The van der Waals surface area contributed by atoms with Crippen molar-refractivity contribution in [1.82, 2.24) is 14.8 Å². The SMILES string of the molecule is CCn1c(SCC(=O)Nc2ccccc2C)nnc1-c1ccco1. The lowest BCUT2D eigenvalue weighted by molar-refractivity contribution is -0.113. The number of rotatable bonds is 6. The fourth-order valence-corrected chi connectivity index (χ4v) is 3.10. The monoisotopic (exact) mass is 342 g/mol. The van der Waals surface area contributed by atoms with Gasteiger partial charge in [0.15, 0.2) is 16.7 Å². The third kappa shape index (κ3) is 3.51. The van der Waals surface area contributed by atoms with Gasteiger partial charge in [0.1, 0.15) is 0 Å². The number of amides is 1. The molecule has 0 bridgehead atoms. The summed E-state index contributed by atoms with van der Waals surface area (Å²) < 4.78 is 7.32. The molecule has 3 aromatic rings. The Balaban J connectivity index is 1.67. The second-order valence-electron chi connectivity index (χ2n) is 5.18. The Morgan fingerprint density at radius 2 is 2.08 bits per heavy atom. The zero-order valence-electron chi connectivity index (χ0n) is 13.5. The van der Waals surface area contributed by atoms with Crippen LogP contribution in [0.25, 0.3) is 11.6 Å². The molecule has 124 valence electrons. The van der Waals surface area contributed by atoms with E-state index in [0.29, 0.717) is 23.3 Å². The molecule has 6 nitrogen and oxygen atoms in total. The van der Waals surface area contributed by atoms with Crippen LogP contribution in [0.5, 0.6) is 0 Å². The molecule has 0 spiro atoms. The summed E-state index contributed by atoms with van der Waals surface area (Å²) in [5.41, 5.74) is 1.86. The molecule has 7 heteroatoms. The minimum absolute atomic E-state index is 0.0699. The third-order valence-corrected chi connectivity index (χ3v) is 4.49. The van der Waals surface area contributed by atoms with Gasteiger partial charge in [-0.25, -0.2) is 0 Å². The molecule has 0 aliphatic heterocycles. The Morgan fingerprint density at radius 3 is 2.79 bits per heavy atom. The Morgan fingerprint density at radius 1 is 1.25 bits per heavy atom. The maximum absolute atomic E-state index is 12.2. The molecule has 0 aliphatic carbocycles. The zero-order valence-corrected chi connectivity index (χ0v) is 14.3. The molecule has 24 heavy (non-hydrogen) atoms. The predicted molar refractivity (Wildman–Crippen MR) is 93.9 cm³/mol. The number of hydrogen-bond acceptors (Lipinski definition) is 5. The van der Waals surface area contributed by atoms with E-state index in [2.05, 4.69) is 15.5 Å². The molecular formula is C17H18N4O2S. The van der Waals surface area contributed by atoms with Crippen LogP contribution in [0.15, 0.2) is 52.2 Å². The van der Waals surface area contributed by atoms with Crippen molar-refractivity contribution >= 4 is 23.4 Å². The van der Waals surface area contributed by atoms with Gasteiger partial charge in [-0.3, -0.25) is 9.36 Å². The Labute approximate surface area is 144 Å². The molecule has 1 N–H and O–H groups in total. The second kappa shape index (κ2) is 7.35. The zero-order chi connectivity index (χ0) is 16.9. The fraction of sp³-hybridized carbons (Fsp3) is 0.235. The smallest absolute Gasteiger partial charge is 0.234 e. The number of aryl methyl sites for hydroxylation is 1. The van der Waals surface area contributed by atoms with Crippen molar-refractivity contribution in [2.45, 2.75) is 25.5 Å². The number of anilines is 1. The molecule has 0 fully saturated rings. The molecule has 0 aliphatic rings. The van der Waals surface area contributed by atoms with E-state index in [1.54, 1.807) is 6.26 Å². The van der Waals surface area contributed by atoms with Crippen LogP contribution in [0, 0.1) is 6.92 Å². The van der Waals surface area contributed by atoms with E-state index < -0.39 is 0 Å². The van der Waals surface area contributed by atoms with Crippen LogP contribution < -0.4 is 5.32 Å². The number of carbonyl (C=O) groups excluding carboxylic acids is 1. The first kappa shape index (κ1) is 16.3. The molecular weight excluding hydrogens is 324 g/mol. The van der Waals surface area contributed by atoms with Crippen LogP contribution in [-0.2, 0) is 11.3 Å². The number of benzene rings is 1. The Bertz CT molecular complexity index is 827. The van der Waals surface area contributed by atoms with Gasteiger partial charge in [-0.15, -0.1) is 10.2 Å². The predicted octanol–water partition coefficient (Wildman–Crippen LogP) is 3.60. The van der Waals surface area contributed by atoms with Gasteiger partial charge < -0.3 is 9.73 Å². The van der Waals surface area contributed by atoms with Gasteiger partial charge >= 0.3 is 0 Å². The quantitative estimate of drug-likeness (QED) is 0.693. The fourth-order valence-electron chi connectivity index (χ4n) is 2.30. The van der Waals surface area contributed by atoms with Gasteiger partial charge in [0, 0.05) is 12.2 Å². The molecule has 0 saturated heterocycles. The number of nitrogens with zero attached hydrogens (tertiary/aromatic N) is 3. The highest BCUT2D eigenvalue weighted by Crippen LogP contribution is 2.24. The van der Waals surface area contributed by atoms with Gasteiger partial charge in [-0.05, 0) is 37.6 Å². The maximum atomic E-state index is 12.2. The molecule has 0 saturated carbocycles. The molecule has 3 rings (SSSR count). The van der Waals surface area contributed by atoms with E-state index in [4.69, 9.17) is 4.42 Å². The van der Waals surface area contributed by atoms with Crippen molar-refractivity contribution in [3.8, 4) is 11.6 Å². The summed E-state index contributed by atoms with van der Waals surface area (Å²) in [6.07, 6.45) is 1.60. The first-order chi connectivity index (χ1) is 11.7. The minimum Gasteiger partial charge on any atom is -0.461 e. The van der Waals surface area contributed by atoms with E-state index in [-0.39, 0.29) is 11.7 Å². The Hall–Kier alpha value is -2.54. The summed E-state index contributed by atoms with van der Waals surface area (Å²) in [5, 5.41) is 12.0. The van der Waals surface area contributed by atoms with Crippen LogP contribution in [0.1, 0.15) is 12.5 Å². The molecule has 0 atom stereocenters. The van der Waals surface area contributed by atoms with E-state index in [1.807, 2.05) is 54.8 Å². The summed E-state index contributed by atoms with van der Waals surface area (Å²) in [5.74, 6) is 1.54. The Kier molecular flexibility index (Phi) is 5.00. The lowest BCUT2D eigenvalue weighted by Crippen LogP contribution is -2.15. The highest BCUT2D eigenvalue weighted by Gasteiger charge is 2.16. The van der Waals surface area contributed by atoms with E-state index in [0.717, 1.165) is 11.3 Å². The molecule has 2 aromatic heterocycles. The van der Waals surface area contributed by atoms with E-state index >= 15 is 0 Å². The van der Waals surface area contributed by atoms with Gasteiger partial charge in [0.25, 0.3) is 0 Å². The van der Waals surface area contributed by atoms with E-state index in [9.17, 15) is 4.79 Å². The van der Waals surface area contributed by atoms with Gasteiger partial charge in [-0.1, -0.05) is 30.0 Å². The number of furan rings is 1. The van der Waals surface area contributed by atoms with Crippen molar-refractivity contribution < 1.29 is 9.21 Å². The van der Waals surface area contributed by atoms with Gasteiger partial charge in [0.05, 0.1) is 12.0 Å². The molecule has 0 radical (unpaired) electrons. The average Bonchev–Trinajstić information content (AvgIpc) is 3.23. The summed E-state index contributed by atoms with van der Waals surface area (Å²) in [7, 11) is 0. The summed E-state index contributed by atoms with van der Waals surface area (Å²) in [6.45, 7) is 4.67. The van der Waals surface area contributed by atoms with Gasteiger partial charge in [0.2, 0.25) is 5.91 Å². The lowest BCUT2D eigenvalue weighted by atomic mass is 10.2. The van der Waals surface area contributed by atoms with Crippen LogP contribution in [-0.4, -0.2) is 26.4 Å². The number of para-hydroxylation sites is 1. The third-order valence-electron chi connectivity index (χ3n) is 3.53. The normalized spacial score (nSPS) is 10.8. The highest BCUT2D eigenvalue weighted by molar-refractivity contribution is 7.99. The van der Waals surface area contributed by atoms with Crippen molar-refractivity contribution in [3.63, 3.8) is 0 Å². The second-order valence-corrected chi connectivity index (χ2v) is 6.12. The van der Waals surface area contributed by atoms with Crippen LogP contribution in [0.4, 0.5) is 5.69 Å². The first-order valence-corrected chi connectivity index (χ1v) is 8.63. The minimum atomic E-state index is -0.0699. The van der Waals surface area contributed by atoms with Crippen LogP contribution >= 0.6 is 11.8 Å². The van der Waals surface area contributed by atoms with Crippen LogP contribution in [0.2, 0.25) is 0 Å².